The first-order valence-corrected chi connectivity index (χ1v) is 7.75. The Morgan fingerprint density at radius 2 is 2.06 bits per heavy atom. The normalized spacial score (nSPS) is 14.8. The van der Waals surface area contributed by atoms with E-state index in [1.807, 2.05) is 11.3 Å². The third-order valence-corrected chi connectivity index (χ3v) is 4.83. The van der Waals surface area contributed by atoms with Gasteiger partial charge < -0.3 is 5.32 Å². The lowest BCUT2D eigenvalue weighted by atomic mass is 9.94. The summed E-state index contributed by atoms with van der Waals surface area (Å²) in [5.41, 5.74) is 1.50. The van der Waals surface area contributed by atoms with E-state index in [0.717, 1.165) is 12.3 Å². The molecule has 18 heavy (non-hydrogen) atoms. The number of likely N-dealkylation sites (N-methyl/N-ethyl adjacent to an activating group) is 1. The molecule has 1 heterocycles. The molecule has 2 rings (SSSR count). The molecule has 0 bridgehead atoms. The van der Waals surface area contributed by atoms with Crippen LogP contribution < -0.4 is 5.32 Å². The molecule has 0 radical (unpaired) electrons. The van der Waals surface area contributed by atoms with Crippen LogP contribution in [0, 0.1) is 5.92 Å². The summed E-state index contributed by atoms with van der Waals surface area (Å²) in [5.74, 6) is 0.798. The van der Waals surface area contributed by atoms with Gasteiger partial charge >= 0.3 is 0 Å². The Bertz CT molecular complexity index is 489. The summed E-state index contributed by atoms with van der Waals surface area (Å²) in [6.07, 6.45) is 3.67. The smallest absolute Gasteiger partial charge is 0.0345 e. The van der Waals surface area contributed by atoms with Crippen LogP contribution in [0.1, 0.15) is 32.3 Å². The highest BCUT2D eigenvalue weighted by Gasteiger charge is 2.13. The maximum atomic E-state index is 3.47. The topological polar surface area (TPSA) is 12.0 Å². The molecule has 1 nitrogen and oxygen atoms in total. The molecule has 1 aromatic heterocycles. The Labute approximate surface area is 114 Å². The summed E-state index contributed by atoms with van der Waals surface area (Å²) in [5, 5.41) is 7.24. The third-order valence-electron chi connectivity index (χ3n) is 3.82. The van der Waals surface area contributed by atoms with Crippen LogP contribution in [0.2, 0.25) is 0 Å². The molecule has 0 saturated heterocycles. The fraction of sp³-hybridized carbons (Fsp3) is 0.500. The number of rotatable bonds is 6. The van der Waals surface area contributed by atoms with E-state index in [0.29, 0.717) is 6.04 Å². The lowest BCUT2D eigenvalue weighted by Gasteiger charge is -2.19. The van der Waals surface area contributed by atoms with Crippen LogP contribution >= 0.6 is 11.3 Å². The molecular formula is C16H23NS. The number of nitrogens with one attached hydrogen (secondary N) is 1. The van der Waals surface area contributed by atoms with E-state index in [1.165, 1.54) is 28.5 Å². The van der Waals surface area contributed by atoms with E-state index in [1.54, 1.807) is 0 Å². The van der Waals surface area contributed by atoms with E-state index in [-0.39, 0.29) is 0 Å². The van der Waals surface area contributed by atoms with Gasteiger partial charge in [-0.2, -0.15) is 0 Å². The third kappa shape index (κ3) is 3.12. The zero-order chi connectivity index (χ0) is 13.0. The van der Waals surface area contributed by atoms with Crippen molar-refractivity contribution in [2.45, 2.75) is 39.2 Å². The van der Waals surface area contributed by atoms with Gasteiger partial charge in [0.15, 0.2) is 0 Å². The van der Waals surface area contributed by atoms with Crippen molar-refractivity contribution >= 4 is 21.4 Å². The molecule has 0 spiro atoms. The van der Waals surface area contributed by atoms with Crippen molar-refractivity contribution in [1.29, 1.82) is 0 Å². The molecule has 0 saturated carbocycles. The van der Waals surface area contributed by atoms with Crippen LogP contribution in [-0.4, -0.2) is 13.1 Å². The number of fused-ring (bicyclic) bond motifs is 1. The quantitative estimate of drug-likeness (QED) is 0.809. The van der Waals surface area contributed by atoms with Gasteiger partial charge in [0, 0.05) is 10.7 Å². The molecule has 0 amide bonds. The summed E-state index contributed by atoms with van der Waals surface area (Å²) in [4.78, 5) is 0. The molecule has 2 heteroatoms. The van der Waals surface area contributed by atoms with Crippen LogP contribution in [-0.2, 0) is 6.42 Å². The Hall–Kier alpha value is -0.860. The van der Waals surface area contributed by atoms with Crippen molar-refractivity contribution in [1.82, 2.24) is 5.32 Å². The maximum Gasteiger partial charge on any atom is 0.0345 e. The fourth-order valence-electron chi connectivity index (χ4n) is 2.41. The van der Waals surface area contributed by atoms with Crippen LogP contribution in [0.5, 0.6) is 0 Å². The summed E-state index contributed by atoms with van der Waals surface area (Å²) < 4.78 is 1.41. The number of thiophene rings is 1. The molecule has 98 valence electrons. The predicted molar refractivity (Wildman–Crippen MR) is 82.4 cm³/mol. The molecule has 0 aliphatic heterocycles. The summed E-state index contributed by atoms with van der Waals surface area (Å²) >= 11 is 1.86. The van der Waals surface area contributed by atoms with Crippen molar-refractivity contribution in [3.63, 3.8) is 0 Å². The standard InChI is InChI=1S/C16H23NS/c1-4-12(2)9-14(17-3)10-13-11-18-16-8-6-5-7-15(13)16/h5-8,11-12,14,17H,4,9-10H2,1-3H3. The predicted octanol–water partition coefficient (Wildman–Crippen LogP) is 4.47. The first-order valence-electron chi connectivity index (χ1n) is 6.87. The fourth-order valence-corrected chi connectivity index (χ4v) is 3.39. The van der Waals surface area contributed by atoms with Gasteiger partial charge in [0.25, 0.3) is 0 Å². The highest BCUT2D eigenvalue weighted by molar-refractivity contribution is 7.17. The Morgan fingerprint density at radius 3 is 2.78 bits per heavy atom. The van der Waals surface area contributed by atoms with Gasteiger partial charge in [0.2, 0.25) is 0 Å². The monoisotopic (exact) mass is 261 g/mol. The van der Waals surface area contributed by atoms with Crippen molar-refractivity contribution < 1.29 is 0 Å². The van der Waals surface area contributed by atoms with E-state index >= 15 is 0 Å². The molecule has 0 fully saturated rings. The second-order valence-corrected chi connectivity index (χ2v) is 6.11. The average Bonchev–Trinajstić information content (AvgIpc) is 2.81. The first kappa shape index (κ1) is 13.6. The van der Waals surface area contributed by atoms with Gasteiger partial charge in [-0.15, -0.1) is 11.3 Å². The molecule has 0 aliphatic carbocycles. The van der Waals surface area contributed by atoms with Gasteiger partial charge in [-0.3, -0.25) is 0 Å². The van der Waals surface area contributed by atoms with Gasteiger partial charge in [0.05, 0.1) is 0 Å². The van der Waals surface area contributed by atoms with Crippen molar-refractivity contribution in [3.8, 4) is 0 Å². The second kappa shape index (κ2) is 6.35. The largest absolute Gasteiger partial charge is 0.317 e. The molecule has 2 atom stereocenters. The van der Waals surface area contributed by atoms with Crippen LogP contribution in [0.4, 0.5) is 0 Å². The molecule has 1 aromatic carbocycles. The van der Waals surface area contributed by atoms with E-state index in [2.05, 4.69) is 55.9 Å². The molecule has 2 aromatic rings. The molecule has 1 N–H and O–H groups in total. The van der Waals surface area contributed by atoms with Gasteiger partial charge in [0.1, 0.15) is 0 Å². The van der Waals surface area contributed by atoms with E-state index in [4.69, 9.17) is 0 Å². The Morgan fingerprint density at radius 1 is 1.28 bits per heavy atom. The lowest BCUT2D eigenvalue weighted by Crippen LogP contribution is -2.29. The highest BCUT2D eigenvalue weighted by Crippen LogP contribution is 2.27. The van der Waals surface area contributed by atoms with E-state index < -0.39 is 0 Å². The van der Waals surface area contributed by atoms with Crippen molar-refractivity contribution in [3.05, 3.63) is 35.2 Å². The zero-order valence-corrected chi connectivity index (χ0v) is 12.4. The molecule has 2 unspecified atom stereocenters. The van der Waals surface area contributed by atoms with Gasteiger partial charge in [-0.25, -0.2) is 0 Å². The van der Waals surface area contributed by atoms with Crippen LogP contribution in [0.25, 0.3) is 10.1 Å². The minimum absolute atomic E-state index is 0.595. The van der Waals surface area contributed by atoms with Crippen LogP contribution in [0.3, 0.4) is 0 Å². The SMILES string of the molecule is CCC(C)CC(Cc1csc2ccccc12)NC. The Kier molecular flexibility index (Phi) is 4.79. The second-order valence-electron chi connectivity index (χ2n) is 5.20. The van der Waals surface area contributed by atoms with Gasteiger partial charge in [-0.05, 0) is 48.2 Å². The average molecular weight is 261 g/mol. The maximum absolute atomic E-state index is 3.47. The molecular weight excluding hydrogens is 238 g/mol. The highest BCUT2D eigenvalue weighted by atomic mass is 32.1. The number of hydrogen-bond donors (Lipinski definition) is 1. The lowest BCUT2D eigenvalue weighted by molar-refractivity contribution is 0.411. The summed E-state index contributed by atoms with van der Waals surface area (Å²) in [6.45, 7) is 4.62. The van der Waals surface area contributed by atoms with Gasteiger partial charge in [-0.1, -0.05) is 38.5 Å². The summed E-state index contributed by atoms with van der Waals surface area (Å²) in [6, 6.07) is 9.32. The zero-order valence-electron chi connectivity index (χ0n) is 11.6. The van der Waals surface area contributed by atoms with Crippen molar-refractivity contribution in [2.75, 3.05) is 7.05 Å². The number of hydrogen-bond acceptors (Lipinski definition) is 2. The first-order chi connectivity index (χ1) is 8.74. The minimum atomic E-state index is 0.595. The minimum Gasteiger partial charge on any atom is -0.317 e. The summed E-state index contributed by atoms with van der Waals surface area (Å²) in [7, 11) is 2.08. The Balaban J connectivity index is 2.11. The van der Waals surface area contributed by atoms with E-state index in [9.17, 15) is 0 Å². The van der Waals surface area contributed by atoms with Crippen LogP contribution in [0.15, 0.2) is 29.6 Å². The molecule has 0 aliphatic rings. The number of benzene rings is 1. The van der Waals surface area contributed by atoms with Crippen molar-refractivity contribution in [2.24, 2.45) is 5.92 Å².